The van der Waals surface area contributed by atoms with Crippen molar-refractivity contribution in [2.75, 3.05) is 11.9 Å². The zero-order valence-corrected chi connectivity index (χ0v) is 15.6. The Hall–Kier alpha value is -1.51. The van der Waals surface area contributed by atoms with Gasteiger partial charge >= 0.3 is 35.7 Å². The second-order valence-electron chi connectivity index (χ2n) is 4.99. The van der Waals surface area contributed by atoms with Gasteiger partial charge in [0.05, 0.1) is 17.2 Å². The van der Waals surface area contributed by atoms with E-state index in [2.05, 4.69) is 10.4 Å². The predicted octanol–water partition coefficient (Wildman–Crippen LogP) is -0.705. The number of hydrogen-bond donors (Lipinski definition) is 1. The third-order valence-electron chi connectivity index (χ3n) is 3.26. The van der Waals surface area contributed by atoms with Gasteiger partial charge in [0.15, 0.2) is 0 Å². The number of benzene rings is 1. The van der Waals surface area contributed by atoms with Crippen molar-refractivity contribution in [2.24, 2.45) is 7.05 Å². The normalized spacial score (nSPS) is 11.0. The predicted molar refractivity (Wildman–Crippen MR) is 76.8 cm³/mol. The molecule has 124 valence electrons. The number of rotatable bonds is 5. The van der Waals surface area contributed by atoms with E-state index in [0.29, 0.717) is 13.0 Å². The van der Waals surface area contributed by atoms with Gasteiger partial charge in [-0.2, -0.15) is 18.3 Å². The van der Waals surface area contributed by atoms with Crippen LogP contribution in [0.4, 0.5) is 18.9 Å². The molecule has 0 aliphatic rings. The number of carbonyl (C=O) groups is 1. The molecule has 0 aliphatic carbocycles. The van der Waals surface area contributed by atoms with Gasteiger partial charge < -0.3 is 15.2 Å². The largest absolute Gasteiger partial charge is 1.00 e. The SMILES string of the molecule is CCCNc1c(-c2cccc(C(F)(F)F)c2)nn(C)c1C(=O)[O-].[Na+]. The van der Waals surface area contributed by atoms with Crippen LogP contribution in [-0.2, 0) is 13.2 Å². The summed E-state index contributed by atoms with van der Waals surface area (Å²) in [5.41, 5.74) is -0.538. The van der Waals surface area contributed by atoms with E-state index in [-0.39, 0.29) is 52.2 Å². The number of aryl methyl sites for hydroxylation is 1. The van der Waals surface area contributed by atoms with Crippen LogP contribution in [0.5, 0.6) is 0 Å². The van der Waals surface area contributed by atoms with Crippen LogP contribution in [0.25, 0.3) is 11.3 Å². The van der Waals surface area contributed by atoms with Crippen molar-refractivity contribution in [1.82, 2.24) is 9.78 Å². The third kappa shape index (κ3) is 4.31. The summed E-state index contributed by atoms with van der Waals surface area (Å²) >= 11 is 0. The second-order valence-corrected chi connectivity index (χ2v) is 4.99. The fourth-order valence-electron chi connectivity index (χ4n) is 2.22. The Labute approximate surface area is 159 Å². The van der Waals surface area contributed by atoms with Gasteiger partial charge in [-0.15, -0.1) is 0 Å². The number of alkyl halides is 3. The van der Waals surface area contributed by atoms with E-state index >= 15 is 0 Å². The fraction of sp³-hybridized carbons (Fsp3) is 0.333. The number of nitrogens with one attached hydrogen (secondary N) is 1. The van der Waals surface area contributed by atoms with E-state index in [1.807, 2.05) is 6.92 Å². The van der Waals surface area contributed by atoms with E-state index in [9.17, 15) is 23.1 Å². The first-order valence-electron chi connectivity index (χ1n) is 6.95. The molecular weight excluding hydrogens is 334 g/mol. The maximum Gasteiger partial charge on any atom is 1.00 e. The number of halogens is 3. The minimum atomic E-state index is -4.49. The summed E-state index contributed by atoms with van der Waals surface area (Å²) in [5, 5.41) is 18.2. The molecule has 0 aliphatic heterocycles. The number of aromatic carboxylic acids is 1. The Morgan fingerprint density at radius 2 is 2.04 bits per heavy atom. The van der Waals surface area contributed by atoms with Crippen LogP contribution in [0.3, 0.4) is 0 Å². The quantitative estimate of drug-likeness (QED) is 0.725. The molecule has 2 aromatic rings. The molecule has 0 bridgehead atoms. The molecule has 0 radical (unpaired) electrons. The molecule has 2 rings (SSSR count). The summed E-state index contributed by atoms with van der Waals surface area (Å²) in [5.74, 6) is -1.45. The third-order valence-corrected chi connectivity index (χ3v) is 3.26. The number of aromatic nitrogens is 2. The summed E-state index contributed by atoms with van der Waals surface area (Å²) < 4.78 is 39.6. The second kappa shape index (κ2) is 8.04. The van der Waals surface area contributed by atoms with Crippen molar-refractivity contribution in [3.63, 3.8) is 0 Å². The molecule has 1 aromatic heterocycles. The fourth-order valence-corrected chi connectivity index (χ4v) is 2.22. The van der Waals surface area contributed by atoms with Crippen LogP contribution in [0, 0.1) is 0 Å². The summed E-state index contributed by atoms with van der Waals surface area (Å²) in [7, 11) is 1.40. The Morgan fingerprint density at radius 3 is 2.58 bits per heavy atom. The zero-order chi connectivity index (χ0) is 17.2. The minimum absolute atomic E-state index is 0. The van der Waals surface area contributed by atoms with Gasteiger partial charge in [-0.25, -0.2) is 0 Å². The Balaban J connectivity index is 0.00000288. The van der Waals surface area contributed by atoms with Crippen LogP contribution in [-0.4, -0.2) is 22.3 Å². The summed E-state index contributed by atoms with van der Waals surface area (Å²) in [6, 6.07) is 4.60. The molecule has 0 atom stereocenters. The van der Waals surface area contributed by atoms with Crippen LogP contribution in [0.2, 0.25) is 0 Å². The number of hydrogen-bond acceptors (Lipinski definition) is 4. The molecule has 0 unspecified atom stereocenters. The maximum atomic E-state index is 12.9. The van der Waals surface area contributed by atoms with Gasteiger partial charge in [0, 0.05) is 19.2 Å². The van der Waals surface area contributed by atoms with Gasteiger partial charge in [0.25, 0.3) is 0 Å². The standard InChI is InChI=1S/C15H16F3N3O2.Na/c1-3-7-19-12-11(20-21(2)13(12)14(22)23)9-5-4-6-10(8-9)15(16,17)18;/h4-6,8,19H,3,7H2,1-2H3,(H,22,23);/q;+1/p-1. The number of anilines is 1. The van der Waals surface area contributed by atoms with E-state index in [4.69, 9.17) is 0 Å². The van der Waals surface area contributed by atoms with Crippen molar-refractivity contribution in [1.29, 1.82) is 0 Å². The van der Waals surface area contributed by atoms with Gasteiger partial charge in [0.2, 0.25) is 0 Å². The van der Waals surface area contributed by atoms with Gasteiger partial charge in [-0.1, -0.05) is 19.1 Å². The average molecular weight is 349 g/mol. The Morgan fingerprint density at radius 1 is 1.38 bits per heavy atom. The molecule has 0 amide bonds. The monoisotopic (exact) mass is 349 g/mol. The number of carbonyl (C=O) groups excluding carboxylic acids is 1. The average Bonchev–Trinajstić information content (AvgIpc) is 2.81. The molecule has 1 N–H and O–H groups in total. The molecule has 1 heterocycles. The molecule has 0 fully saturated rings. The van der Waals surface area contributed by atoms with Crippen LogP contribution in [0.15, 0.2) is 24.3 Å². The van der Waals surface area contributed by atoms with E-state index in [1.165, 1.54) is 19.2 Å². The zero-order valence-electron chi connectivity index (χ0n) is 13.6. The molecule has 0 spiro atoms. The van der Waals surface area contributed by atoms with Crippen LogP contribution < -0.4 is 40.0 Å². The van der Waals surface area contributed by atoms with Crippen LogP contribution in [0.1, 0.15) is 29.4 Å². The molecule has 5 nitrogen and oxygen atoms in total. The molecule has 24 heavy (non-hydrogen) atoms. The molecular formula is C15H15F3N3NaO2. The van der Waals surface area contributed by atoms with E-state index in [1.54, 1.807) is 0 Å². The van der Waals surface area contributed by atoms with Gasteiger partial charge in [0.1, 0.15) is 11.4 Å². The van der Waals surface area contributed by atoms with Crippen molar-refractivity contribution in [2.45, 2.75) is 19.5 Å². The molecule has 1 aromatic carbocycles. The Bertz CT molecular complexity index is 729. The Kier molecular flexibility index (Phi) is 6.88. The van der Waals surface area contributed by atoms with Crippen LogP contribution >= 0.6 is 0 Å². The first kappa shape index (κ1) is 20.5. The van der Waals surface area contributed by atoms with Gasteiger partial charge in [-0.3, -0.25) is 4.68 Å². The van der Waals surface area contributed by atoms with E-state index in [0.717, 1.165) is 16.8 Å². The van der Waals surface area contributed by atoms with Crippen molar-refractivity contribution < 1.29 is 52.6 Å². The van der Waals surface area contributed by atoms with Crippen molar-refractivity contribution in [3.8, 4) is 11.3 Å². The smallest absolute Gasteiger partial charge is 0.543 e. The molecule has 0 saturated carbocycles. The van der Waals surface area contributed by atoms with Crippen molar-refractivity contribution >= 4 is 11.7 Å². The summed E-state index contributed by atoms with van der Waals surface area (Å²) in [4.78, 5) is 11.3. The number of carboxylic acid groups (broad SMARTS) is 1. The molecule has 9 heteroatoms. The minimum Gasteiger partial charge on any atom is -0.543 e. The topological polar surface area (TPSA) is 70.0 Å². The summed E-state index contributed by atoms with van der Waals surface area (Å²) in [6.45, 7) is 2.34. The van der Waals surface area contributed by atoms with E-state index < -0.39 is 17.7 Å². The summed E-state index contributed by atoms with van der Waals surface area (Å²) in [6.07, 6.45) is -3.78. The number of nitrogens with zero attached hydrogens (tertiary/aromatic N) is 2. The first-order chi connectivity index (χ1) is 10.8. The van der Waals surface area contributed by atoms with Crippen molar-refractivity contribution in [3.05, 3.63) is 35.5 Å². The molecule has 0 saturated heterocycles. The van der Waals surface area contributed by atoms with Gasteiger partial charge in [-0.05, 0) is 18.6 Å². The number of carboxylic acids is 1. The first-order valence-corrected chi connectivity index (χ1v) is 6.95. The maximum absolute atomic E-state index is 12.9.